The second-order valence-corrected chi connectivity index (χ2v) is 8.22. The van der Waals surface area contributed by atoms with Gasteiger partial charge in [0, 0.05) is 33.4 Å². The van der Waals surface area contributed by atoms with E-state index in [1.807, 2.05) is 38.1 Å². The third-order valence-electron chi connectivity index (χ3n) is 5.36. The first kappa shape index (κ1) is 21.4. The van der Waals surface area contributed by atoms with Crippen LogP contribution in [-0.4, -0.2) is 61.1 Å². The van der Waals surface area contributed by atoms with Crippen LogP contribution < -0.4 is 4.74 Å². The van der Waals surface area contributed by atoms with E-state index in [2.05, 4.69) is 11.8 Å². The van der Waals surface area contributed by atoms with Crippen molar-refractivity contribution in [2.45, 2.75) is 46.1 Å². The van der Waals surface area contributed by atoms with E-state index in [1.165, 1.54) is 4.90 Å². The Kier molecular flexibility index (Phi) is 6.96. The summed E-state index contributed by atoms with van der Waals surface area (Å²) in [7, 11) is 1.62. The lowest BCUT2D eigenvalue weighted by atomic mass is 9.97. The summed E-state index contributed by atoms with van der Waals surface area (Å²) in [6, 6.07) is 7.49. The zero-order chi connectivity index (χ0) is 21.0. The standard InChI is InChI=1S/C23H32N2O4/c1-16(2)29-19-10-8-18(9-11-19)20-21(24-12-5-7-17(3)15-24)23(27)25(22(20)26)13-6-14-28-4/h8-11,16-17H,5-7,12-15H2,1-4H3. The van der Waals surface area contributed by atoms with Gasteiger partial charge in [0.15, 0.2) is 0 Å². The third-order valence-corrected chi connectivity index (χ3v) is 5.36. The highest BCUT2D eigenvalue weighted by atomic mass is 16.5. The van der Waals surface area contributed by atoms with E-state index in [4.69, 9.17) is 9.47 Å². The molecule has 29 heavy (non-hydrogen) atoms. The van der Waals surface area contributed by atoms with Crippen LogP contribution >= 0.6 is 0 Å². The Bertz CT molecular complexity index is 770. The van der Waals surface area contributed by atoms with Gasteiger partial charge in [0.1, 0.15) is 11.4 Å². The van der Waals surface area contributed by atoms with Crippen LogP contribution in [-0.2, 0) is 14.3 Å². The Balaban J connectivity index is 1.94. The number of methoxy groups -OCH3 is 1. The summed E-state index contributed by atoms with van der Waals surface area (Å²) in [4.78, 5) is 30.0. The Morgan fingerprint density at radius 2 is 1.86 bits per heavy atom. The van der Waals surface area contributed by atoms with Crippen LogP contribution in [0.5, 0.6) is 5.75 Å². The number of hydrogen-bond donors (Lipinski definition) is 0. The van der Waals surface area contributed by atoms with E-state index in [9.17, 15) is 9.59 Å². The molecule has 2 aliphatic rings. The lowest BCUT2D eigenvalue weighted by Crippen LogP contribution is -2.39. The van der Waals surface area contributed by atoms with Crippen molar-refractivity contribution in [3.05, 3.63) is 35.5 Å². The number of rotatable bonds is 8. The molecular weight excluding hydrogens is 368 g/mol. The number of piperidine rings is 1. The zero-order valence-corrected chi connectivity index (χ0v) is 17.9. The molecule has 1 fully saturated rings. The van der Waals surface area contributed by atoms with Crippen molar-refractivity contribution in [3.63, 3.8) is 0 Å². The second-order valence-electron chi connectivity index (χ2n) is 8.22. The van der Waals surface area contributed by atoms with Gasteiger partial charge < -0.3 is 14.4 Å². The Morgan fingerprint density at radius 1 is 1.14 bits per heavy atom. The first-order chi connectivity index (χ1) is 13.9. The van der Waals surface area contributed by atoms with Crippen LogP contribution in [0.3, 0.4) is 0 Å². The van der Waals surface area contributed by atoms with Crippen molar-refractivity contribution in [1.29, 1.82) is 0 Å². The summed E-state index contributed by atoms with van der Waals surface area (Å²) < 4.78 is 10.8. The van der Waals surface area contributed by atoms with Gasteiger partial charge in [-0.25, -0.2) is 0 Å². The number of imide groups is 1. The van der Waals surface area contributed by atoms with E-state index >= 15 is 0 Å². The average Bonchev–Trinajstić information content (AvgIpc) is 2.93. The predicted octanol–water partition coefficient (Wildman–Crippen LogP) is 3.32. The van der Waals surface area contributed by atoms with Gasteiger partial charge in [-0.1, -0.05) is 19.1 Å². The lowest BCUT2D eigenvalue weighted by Gasteiger charge is -2.33. The zero-order valence-electron chi connectivity index (χ0n) is 17.9. The summed E-state index contributed by atoms with van der Waals surface area (Å²) in [5.74, 6) is 0.866. The van der Waals surface area contributed by atoms with Crippen LogP contribution in [0, 0.1) is 5.92 Å². The number of hydrogen-bond acceptors (Lipinski definition) is 5. The van der Waals surface area contributed by atoms with Crippen LogP contribution in [0.25, 0.3) is 5.57 Å². The maximum atomic E-state index is 13.3. The Morgan fingerprint density at radius 3 is 2.48 bits per heavy atom. The second kappa shape index (κ2) is 9.44. The quantitative estimate of drug-likeness (QED) is 0.495. The predicted molar refractivity (Wildman–Crippen MR) is 112 cm³/mol. The molecule has 1 unspecified atom stereocenters. The van der Waals surface area contributed by atoms with Gasteiger partial charge >= 0.3 is 0 Å². The molecule has 0 N–H and O–H groups in total. The van der Waals surface area contributed by atoms with Gasteiger partial charge in [0.25, 0.3) is 11.8 Å². The van der Waals surface area contributed by atoms with Gasteiger partial charge in [0.2, 0.25) is 0 Å². The Hall–Kier alpha value is -2.34. The van der Waals surface area contributed by atoms with E-state index < -0.39 is 0 Å². The largest absolute Gasteiger partial charge is 0.491 e. The van der Waals surface area contributed by atoms with Crippen molar-refractivity contribution < 1.29 is 19.1 Å². The van der Waals surface area contributed by atoms with Crippen molar-refractivity contribution in [3.8, 4) is 5.75 Å². The van der Waals surface area contributed by atoms with E-state index in [0.717, 1.165) is 37.2 Å². The van der Waals surface area contributed by atoms with Crippen LogP contribution in [0.4, 0.5) is 0 Å². The molecule has 3 rings (SSSR count). The molecule has 6 nitrogen and oxygen atoms in total. The van der Waals surface area contributed by atoms with Gasteiger partial charge in [0.05, 0.1) is 11.7 Å². The van der Waals surface area contributed by atoms with Crippen molar-refractivity contribution in [2.75, 3.05) is 33.4 Å². The minimum atomic E-state index is -0.211. The molecule has 1 saturated heterocycles. The van der Waals surface area contributed by atoms with Gasteiger partial charge in [-0.15, -0.1) is 0 Å². The first-order valence-corrected chi connectivity index (χ1v) is 10.5. The number of likely N-dealkylation sites (tertiary alicyclic amines) is 1. The molecular formula is C23H32N2O4. The monoisotopic (exact) mass is 400 g/mol. The summed E-state index contributed by atoms with van der Waals surface area (Å²) >= 11 is 0. The van der Waals surface area contributed by atoms with E-state index in [1.54, 1.807) is 7.11 Å². The van der Waals surface area contributed by atoms with Crippen LogP contribution in [0.15, 0.2) is 30.0 Å². The SMILES string of the molecule is COCCCN1C(=O)C(c2ccc(OC(C)C)cc2)=C(N2CCCC(C)C2)C1=O. The highest BCUT2D eigenvalue weighted by Crippen LogP contribution is 2.34. The number of ether oxygens (including phenoxy) is 2. The molecule has 0 radical (unpaired) electrons. The fourth-order valence-corrected chi connectivity index (χ4v) is 4.05. The number of benzene rings is 1. The van der Waals surface area contributed by atoms with Gasteiger partial charge in [-0.2, -0.15) is 0 Å². The van der Waals surface area contributed by atoms with Crippen molar-refractivity contribution in [1.82, 2.24) is 9.80 Å². The summed E-state index contributed by atoms with van der Waals surface area (Å²) in [6.45, 7) is 8.65. The molecule has 1 aromatic rings. The highest BCUT2D eigenvalue weighted by Gasteiger charge is 2.41. The van der Waals surface area contributed by atoms with Crippen molar-refractivity contribution >= 4 is 17.4 Å². The average molecular weight is 401 g/mol. The minimum absolute atomic E-state index is 0.0800. The maximum absolute atomic E-state index is 13.3. The maximum Gasteiger partial charge on any atom is 0.277 e. The summed E-state index contributed by atoms with van der Waals surface area (Å²) in [6.07, 6.45) is 2.90. The molecule has 0 spiro atoms. The molecule has 1 atom stereocenters. The molecule has 6 heteroatoms. The number of carbonyl (C=O) groups excluding carboxylic acids is 2. The molecule has 158 valence electrons. The number of carbonyl (C=O) groups is 2. The summed E-state index contributed by atoms with van der Waals surface area (Å²) in [5, 5.41) is 0. The normalized spacial score (nSPS) is 20.2. The lowest BCUT2D eigenvalue weighted by molar-refractivity contribution is -0.137. The molecule has 0 saturated carbocycles. The topological polar surface area (TPSA) is 59.1 Å². The first-order valence-electron chi connectivity index (χ1n) is 10.5. The molecule has 2 heterocycles. The fraction of sp³-hybridized carbons (Fsp3) is 0.565. The molecule has 1 aromatic carbocycles. The van der Waals surface area contributed by atoms with E-state index in [0.29, 0.717) is 36.8 Å². The molecule has 2 aliphatic heterocycles. The summed E-state index contributed by atoms with van der Waals surface area (Å²) in [5.41, 5.74) is 1.83. The fourth-order valence-electron chi connectivity index (χ4n) is 4.05. The van der Waals surface area contributed by atoms with Crippen LogP contribution in [0.1, 0.15) is 45.6 Å². The third kappa shape index (κ3) is 4.81. The molecule has 0 aromatic heterocycles. The van der Waals surface area contributed by atoms with E-state index in [-0.39, 0.29) is 17.9 Å². The highest BCUT2D eigenvalue weighted by molar-refractivity contribution is 6.35. The minimum Gasteiger partial charge on any atom is -0.491 e. The van der Waals surface area contributed by atoms with Crippen LogP contribution in [0.2, 0.25) is 0 Å². The van der Waals surface area contributed by atoms with Gasteiger partial charge in [-0.3, -0.25) is 14.5 Å². The number of nitrogens with zero attached hydrogens (tertiary/aromatic N) is 2. The molecule has 0 aliphatic carbocycles. The number of amides is 2. The van der Waals surface area contributed by atoms with Gasteiger partial charge in [-0.05, 0) is 56.7 Å². The molecule has 0 bridgehead atoms. The Labute approximate surface area is 173 Å². The molecule has 2 amide bonds. The van der Waals surface area contributed by atoms with Crippen molar-refractivity contribution in [2.24, 2.45) is 5.92 Å². The smallest absolute Gasteiger partial charge is 0.277 e.